The van der Waals surface area contributed by atoms with Gasteiger partial charge in [0, 0.05) is 18.3 Å². The van der Waals surface area contributed by atoms with Crippen LogP contribution in [-0.4, -0.2) is 26.3 Å². The monoisotopic (exact) mass is 316 g/mol. The van der Waals surface area contributed by atoms with Crippen LogP contribution in [0.15, 0.2) is 18.2 Å². The molecule has 0 saturated carbocycles. The highest BCUT2D eigenvalue weighted by atomic mass is 19.3. The largest absolute Gasteiger partial charge is 0.493 e. The minimum Gasteiger partial charge on any atom is -0.493 e. The first-order chi connectivity index (χ1) is 10.6. The van der Waals surface area contributed by atoms with E-state index in [2.05, 4.69) is 22.3 Å². The zero-order chi connectivity index (χ0) is 16.4. The maximum absolute atomic E-state index is 12.3. The van der Waals surface area contributed by atoms with Gasteiger partial charge in [0.1, 0.15) is 0 Å². The van der Waals surface area contributed by atoms with E-state index < -0.39 is 6.61 Å². The topological polar surface area (TPSA) is 59.6 Å². The van der Waals surface area contributed by atoms with Crippen molar-refractivity contribution in [3.8, 4) is 11.5 Å². The summed E-state index contributed by atoms with van der Waals surface area (Å²) in [5, 5.41) is 5.28. The molecule has 0 aliphatic rings. The van der Waals surface area contributed by atoms with Gasteiger partial charge in [-0.3, -0.25) is 0 Å². The number of urea groups is 1. The fraction of sp³-hybridized carbons (Fsp3) is 0.533. The Morgan fingerprint density at radius 1 is 1.23 bits per heavy atom. The van der Waals surface area contributed by atoms with Crippen molar-refractivity contribution < 1.29 is 23.0 Å². The van der Waals surface area contributed by atoms with E-state index in [-0.39, 0.29) is 17.5 Å². The maximum atomic E-state index is 12.3. The van der Waals surface area contributed by atoms with E-state index in [4.69, 9.17) is 4.74 Å². The molecule has 0 spiro atoms. The molecule has 0 unspecified atom stereocenters. The summed E-state index contributed by atoms with van der Waals surface area (Å²) < 4.78 is 33.9. The fourth-order valence-electron chi connectivity index (χ4n) is 1.87. The molecule has 0 heterocycles. The van der Waals surface area contributed by atoms with Crippen LogP contribution >= 0.6 is 0 Å². The molecule has 5 nitrogen and oxygen atoms in total. The quantitative estimate of drug-likeness (QED) is 0.677. The number of carbonyl (C=O) groups is 1. The molecule has 0 atom stereocenters. The summed E-state index contributed by atoms with van der Waals surface area (Å²) in [6, 6.07) is 3.91. The standard InChI is InChI=1S/C15H22F2N2O3/c1-3-4-5-6-9-18-15(20)19-11-7-8-12(21-2)13(10-11)22-14(16)17/h7-8,10,14H,3-6,9H2,1-2H3,(H2,18,19,20). The number of anilines is 1. The van der Waals surface area contributed by atoms with Crippen LogP contribution < -0.4 is 20.1 Å². The van der Waals surface area contributed by atoms with E-state index in [1.54, 1.807) is 6.07 Å². The number of halogens is 2. The van der Waals surface area contributed by atoms with Crippen LogP contribution in [0.5, 0.6) is 11.5 Å². The summed E-state index contributed by atoms with van der Waals surface area (Å²) in [6.07, 6.45) is 4.23. The molecule has 1 aromatic carbocycles. The molecular weight excluding hydrogens is 294 g/mol. The summed E-state index contributed by atoms with van der Waals surface area (Å²) >= 11 is 0. The van der Waals surface area contributed by atoms with E-state index in [1.165, 1.54) is 19.2 Å². The van der Waals surface area contributed by atoms with Crippen molar-refractivity contribution >= 4 is 11.7 Å². The van der Waals surface area contributed by atoms with Crippen LogP contribution in [0.2, 0.25) is 0 Å². The van der Waals surface area contributed by atoms with Crippen molar-refractivity contribution in [2.45, 2.75) is 39.2 Å². The lowest BCUT2D eigenvalue weighted by Gasteiger charge is -2.12. The number of ether oxygens (including phenoxy) is 2. The van der Waals surface area contributed by atoms with E-state index >= 15 is 0 Å². The third-order valence-corrected chi connectivity index (χ3v) is 2.95. The number of rotatable bonds is 9. The number of hydrogen-bond acceptors (Lipinski definition) is 3. The summed E-state index contributed by atoms with van der Waals surface area (Å²) in [4.78, 5) is 11.7. The average Bonchev–Trinajstić information content (AvgIpc) is 2.47. The summed E-state index contributed by atoms with van der Waals surface area (Å²) in [7, 11) is 1.35. The molecule has 2 amide bonds. The summed E-state index contributed by atoms with van der Waals surface area (Å²) in [5.74, 6) is 0.0454. The number of nitrogens with one attached hydrogen (secondary N) is 2. The van der Waals surface area contributed by atoms with Crippen molar-refractivity contribution in [3.05, 3.63) is 18.2 Å². The Morgan fingerprint density at radius 3 is 2.64 bits per heavy atom. The average molecular weight is 316 g/mol. The van der Waals surface area contributed by atoms with Gasteiger partial charge in [-0.05, 0) is 18.6 Å². The highest BCUT2D eigenvalue weighted by Crippen LogP contribution is 2.31. The zero-order valence-electron chi connectivity index (χ0n) is 12.8. The number of carbonyl (C=O) groups excluding carboxylic acids is 1. The molecule has 124 valence electrons. The molecule has 0 aromatic heterocycles. The molecule has 1 rings (SSSR count). The molecule has 2 N–H and O–H groups in total. The van der Waals surface area contributed by atoms with Crippen LogP contribution in [0.25, 0.3) is 0 Å². The number of unbranched alkanes of at least 4 members (excludes halogenated alkanes) is 3. The summed E-state index contributed by atoms with van der Waals surface area (Å²) in [6.45, 7) is -0.276. The van der Waals surface area contributed by atoms with Gasteiger partial charge in [0.15, 0.2) is 11.5 Å². The lowest BCUT2D eigenvalue weighted by atomic mass is 10.2. The van der Waals surface area contributed by atoms with Gasteiger partial charge < -0.3 is 20.1 Å². The molecule has 22 heavy (non-hydrogen) atoms. The van der Waals surface area contributed by atoms with Crippen molar-refractivity contribution in [3.63, 3.8) is 0 Å². The lowest BCUT2D eigenvalue weighted by molar-refractivity contribution is -0.0511. The van der Waals surface area contributed by atoms with Crippen LogP contribution in [0.4, 0.5) is 19.3 Å². The smallest absolute Gasteiger partial charge is 0.387 e. The maximum Gasteiger partial charge on any atom is 0.387 e. The van der Waals surface area contributed by atoms with Gasteiger partial charge in [-0.2, -0.15) is 8.78 Å². The first kappa shape index (κ1) is 18.0. The van der Waals surface area contributed by atoms with E-state index in [1.807, 2.05) is 0 Å². The summed E-state index contributed by atoms with van der Waals surface area (Å²) in [5.41, 5.74) is 0.350. The Bertz CT molecular complexity index is 470. The molecule has 0 aliphatic heterocycles. The molecule has 0 bridgehead atoms. The Hall–Kier alpha value is -2.05. The van der Waals surface area contributed by atoms with E-state index in [9.17, 15) is 13.6 Å². The van der Waals surface area contributed by atoms with Crippen LogP contribution in [0, 0.1) is 0 Å². The third kappa shape index (κ3) is 6.60. The predicted molar refractivity (Wildman–Crippen MR) is 80.8 cm³/mol. The van der Waals surface area contributed by atoms with Crippen molar-refractivity contribution in [1.29, 1.82) is 0 Å². The first-order valence-corrected chi connectivity index (χ1v) is 7.24. The molecule has 7 heteroatoms. The number of amides is 2. The van der Waals surface area contributed by atoms with E-state index in [0.29, 0.717) is 12.2 Å². The second-order valence-electron chi connectivity index (χ2n) is 4.69. The fourth-order valence-corrected chi connectivity index (χ4v) is 1.87. The minimum atomic E-state index is -2.96. The van der Waals surface area contributed by atoms with Crippen LogP contribution in [0.1, 0.15) is 32.6 Å². The third-order valence-electron chi connectivity index (χ3n) is 2.95. The van der Waals surface area contributed by atoms with Gasteiger partial charge in [0.05, 0.1) is 7.11 Å². The number of methoxy groups -OCH3 is 1. The van der Waals surface area contributed by atoms with Gasteiger partial charge in [-0.1, -0.05) is 26.2 Å². The molecular formula is C15H22F2N2O3. The minimum absolute atomic E-state index is 0.127. The SMILES string of the molecule is CCCCCCNC(=O)Nc1ccc(OC)c(OC(F)F)c1. The highest BCUT2D eigenvalue weighted by molar-refractivity contribution is 5.89. The van der Waals surface area contributed by atoms with Gasteiger partial charge in [-0.15, -0.1) is 0 Å². The predicted octanol–water partition coefficient (Wildman–Crippen LogP) is 4.00. The second kappa shape index (κ2) is 9.81. The van der Waals surface area contributed by atoms with Gasteiger partial charge in [-0.25, -0.2) is 4.79 Å². The van der Waals surface area contributed by atoms with Crippen LogP contribution in [-0.2, 0) is 0 Å². The first-order valence-electron chi connectivity index (χ1n) is 7.24. The molecule has 0 aliphatic carbocycles. The second-order valence-corrected chi connectivity index (χ2v) is 4.69. The van der Waals surface area contributed by atoms with Gasteiger partial charge in [0.2, 0.25) is 0 Å². The Balaban J connectivity index is 2.52. The Kier molecular flexibility index (Phi) is 8.03. The zero-order valence-corrected chi connectivity index (χ0v) is 12.8. The Labute approximate surface area is 129 Å². The molecule has 0 radical (unpaired) electrons. The Morgan fingerprint density at radius 2 is 2.00 bits per heavy atom. The number of alkyl halides is 2. The van der Waals surface area contributed by atoms with Gasteiger partial charge >= 0.3 is 12.6 Å². The normalized spacial score (nSPS) is 10.4. The number of benzene rings is 1. The molecule has 0 fully saturated rings. The molecule has 1 aromatic rings. The van der Waals surface area contributed by atoms with Gasteiger partial charge in [0.25, 0.3) is 0 Å². The molecule has 0 saturated heterocycles. The van der Waals surface area contributed by atoms with Crippen LogP contribution in [0.3, 0.4) is 0 Å². The van der Waals surface area contributed by atoms with E-state index in [0.717, 1.165) is 25.7 Å². The van der Waals surface area contributed by atoms with Crippen molar-refractivity contribution in [2.24, 2.45) is 0 Å². The van der Waals surface area contributed by atoms with Crippen molar-refractivity contribution in [2.75, 3.05) is 19.0 Å². The highest BCUT2D eigenvalue weighted by Gasteiger charge is 2.12. The lowest BCUT2D eigenvalue weighted by Crippen LogP contribution is -2.29. The van der Waals surface area contributed by atoms with Crippen molar-refractivity contribution in [1.82, 2.24) is 5.32 Å². The number of hydrogen-bond donors (Lipinski definition) is 2.